The molecule has 0 amide bonds. The molecule has 2 bridgehead atoms. The smallest absolute Gasteiger partial charge is 0.157 e. The standard InChI is InChI=1S/C19H19FN4/c20-15-6-4-14(5-7-15)17-11-19(24-18(22-17)8-9-21-24)23-12-13-2-1-3-16(23)10-13/h4-9,11,13,16H,1-3,10,12H2/t13-,16+/m1/s1. The minimum absolute atomic E-state index is 0.224. The SMILES string of the molecule is Fc1ccc(-c2cc(N3C[C@@H]4CCC[C@H]3C4)n3nccc3n2)cc1. The van der Waals surface area contributed by atoms with Crippen LogP contribution in [0.15, 0.2) is 42.6 Å². The monoisotopic (exact) mass is 322 g/mol. The molecule has 1 aliphatic carbocycles. The van der Waals surface area contributed by atoms with E-state index in [1.54, 1.807) is 18.3 Å². The molecule has 5 rings (SSSR count). The van der Waals surface area contributed by atoms with E-state index in [0.29, 0.717) is 6.04 Å². The van der Waals surface area contributed by atoms with Crippen molar-refractivity contribution in [2.75, 3.05) is 11.4 Å². The topological polar surface area (TPSA) is 33.4 Å². The number of fused-ring (bicyclic) bond motifs is 3. The Bertz CT molecular complexity index is 886. The number of aromatic nitrogens is 3. The van der Waals surface area contributed by atoms with Gasteiger partial charge in [0.15, 0.2) is 5.65 Å². The fourth-order valence-electron chi connectivity index (χ4n) is 4.29. The van der Waals surface area contributed by atoms with Crippen molar-refractivity contribution in [2.24, 2.45) is 5.92 Å². The summed E-state index contributed by atoms with van der Waals surface area (Å²) in [6.07, 6.45) is 7.00. The second kappa shape index (κ2) is 5.30. The molecule has 5 heteroatoms. The Labute approximate surface area is 139 Å². The second-order valence-corrected chi connectivity index (χ2v) is 6.95. The molecule has 2 aromatic heterocycles. The first-order chi connectivity index (χ1) is 11.8. The first-order valence-electron chi connectivity index (χ1n) is 8.65. The van der Waals surface area contributed by atoms with Gasteiger partial charge in [0.05, 0.1) is 11.9 Å². The van der Waals surface area contributed by atoms with Crippen molar-refractivity contribution in [1.82, 2.24) is 14.6 Å². The van der Waals surface area contributed by atoms with Crippen LogP contribution in [0, 0.1) is 11.7 Å². The van der Waals surface area contributed by atoms with Crippen molar-refractivity contribution < 1.29 is 4.39 Å². The van der Waals surface area contributed by atoms with Crippen LogP contribution in [0.5, 0.6) is 0 Å². The van der Waals surface area contributed by atoms with Gasteiger partial charge in [-0.1, -0.05) is 6.42 Å². The van der Waals surface area contributed by atoms with E-state index in [1.165, 1.54) is 37.8 Å². The number of hydrogen-bond donors (Lipinski definition) is 0. The number of anilines is 1. The zero-order valence-electron chi connectivity index (χ0n) is 13.4. The molecular formula is C19H19FN4. The van der Waals surface area contributed by atoms with Gasteiger partial charge < -0.3 is 4.90 Å². The summed E-state index contributed by atoms with van der Waals surface area (Å²) in [5, 5.41) is 4.48. The molecule has 0 N–H and O–H groups in total. The predicted octanol–water partition coefficient (Wildman–Crippen LogP) is 3.91. The lowest BCUT2D eigenvalue weighted by Crippen LogP contribution is -2.30. The van der Waals surface area contributed by atoms with Crippen molar-refractivity contribution in [1.29, 1.82) is 0 Å². The van der Waals surface area contributed by atoms with Gasteiger partial charge in [-0.15, -0.1) is 0 Å². The van der Waals surface area contributed by atoms with E-state index in [-0.39, 0.29) is 5.82 Å². The first kappa shape index (κ1) is 14.0. The molecule has 24 heavy (non-hydrogen) atoms. The molecule has 1 aromatic carbocycles. The predicted molar refractivity (Wildman–Crippen MR) is 91.5 cm³/mol. The molecule has 0 unspecified atom stereocenters. The molecule has 1 saturated carbocycles. The lowest BCUT2D eigenvalue weighted by Gasteiger charge is -2.27. The summed E-state index contributed by atoms with van der Waals surface area (Å²) in [7, 11) is 0. The average molecular weight is 322 g/mol. The molecule has 2 atom stereocenters. The molecule has 0 spiro atoms. The van der Waals surface area contributed by atoms with E-state index < -0.39 is 0 Å². The third kappa shape index (κ3) is 2.19. The fourth-order valence-corrected chi connectivity index (χ4v) is 4.29. The zero-order valence-corrected chi connectivity index (χ0v) is 13.4. The minimum Gasteiger partial charge on any atom is -0.353 e. The fraction of sp³-hybridized carbons (Fsp3) is 0.368. The molecule has 122 valence electrons. The summed E-state index contributed by atoms with van der Waals surface area (Å²) in [5.41, 5.74) is 2.65. The number of rotatable bonds is 2. The summed E-state index contributed by atoms with van der Waals surface area (Å²) in [6.45, 7) is 1.10. The summed E-state index contributed by atoms with van der Waals surface area (Å²) in [4.78, 5) is 7.21. The van der Waals surface area contributed by atoms with E-state index in [2.05, 4.69) is 16.1 Å². The molecular weight excluding hydrogens is 303 g/mol. The van der Waals surface area contributed by atoms with Crippen LogP contribution in [0.3, 0.4) is 0 Å². The number of nitrogens with zero attached hydrogens (tertiary/aromatic N) is 4. The van der Waals surface area contributed by atoms with Crippen molar-refractivity contribution in [3.05, 3.63) is 48.4 Å². The Morgan fingerprint density at radius 3 is 2.79 bits per heavy atom. The Hall–Kier alpha value is -2.43. The van der Waals surface area contributed by atoms with Crippen LogP contribution < -0.4 is 4.90 Å². The van der Waals surface area contributed by atoms with Gasteiger partial charge in [0, 0.05) is 30.3 Å². The Morgan fingerprint density at radius 1 is 1.08 bits per heavy atom. The van der Waals surface area contributed by atoms with Gasteiger partial charge in [-0.25, -0.2) is 9.37 Å². The van der Waals surface area contributed by atoms with Gasteiger partial charge in [-0.05, 0) is 49.4 Å². The minimum atomic E-state index is -0.224. The molecule has 3 heterocycles. The van der Waals surface area contributed by atoms with Gasteiger partial charge >= 0.3 is 0 Å². The van der Waals surface area contributed by atoms with E-state index in [1.807, 2.05) is 10.6 Å². The highest BCUT2D eigenvalue weighted by atomic mass is 19.1. The van der Waals surface area contributed by atoms with E-state index in [0.717, 1.165) is 35.2 Å². The molecule has 1 aliphatic heterocycles. The van der Waals surface area contributed by atoms with Gasteiger partial charge in [-0.2, -0.15) is 9.61 Å². The third-order valence-electron chi connectivity index (χ3n) is 5.43. The van der Waals surface area contributed by atoms with Gasteiger partial charge in [-0.3, -0.25) is 0 Å². The quantitative estimate of drug-likeness (QED) is 0.717. The third-order valence-corrected chi connectivity index (χ3v) is 5.43. The first-order valence-corrected chi connectivity index (χ1v) is 8.65. The van der Waals surface area contributed by atoms with Crippen molar-refractivity contribution in [2.45, 2.75) is 31.7 Å². The highest BCUT2D eigenvalue weighted by molar-refractivity contribution is 5.67. The number of hydrogen-bond acceptors (Lipinski definition) is 3. The molecule has 0 radical (unpaired) electrons. The van der Waals surface area contributed by atoms with Crippen LogP contribution >= 0.6 is 0 Å². The van der Waals surface area contributed by atoms with Gasteiger partial charge in [0.1, 0.15) is 11.6 Å². The average Bonchev–Trinajstić information content (AvgIpc) is 3.19. The Balaban J connectivity index is 1.64. The van der Waals surface area contributed by atoms with E-state index in [9.17, 15) is 4.39 Å². The second-order valence-electron chi connectivity index (χ2n) is 6.95. The zero-order chi connectivity index (χ0) is 16.1. The summed E-state index contributed by atoms with van der Waals surface area (Å²) in [6, 6.07) is 11.2. The lowest BCUT2D eigenvalue weighted by molar-refractivity contribution is 0.414. The van der Waals surface area contributed by atoms with Gasteiger partial charge in [0.25, 0.3) is 0 Å². The van der Waals surface area contributed by atoms with Crippen molar-refractivity contribution in [3.63, 3.8) is 0 Å². The maximum atomic E-state index is 13.2. The Kier molecular flexibility index (Phi) is 3.08. The largest absolute Gasteiger partial charge is 0.353 e. The molecule has 2 fully saturated rings. The van der Waals surface area contributed by atoms with Crippen molar-refractivity contribution >= 4 is 11.5 Å². The highest BCUT2D eigenvalue weighted by Crippen LogP contribution is 2.39. The lowest BCUT2D eigenvalue weighted by atomic mass is 9.90. The normalized spacial score (nSPS) is 23.1. The highest BCUT2D eigenvalue weighted by Gasteiger charge is 2.36. The summed E-state index contributed by atoms with van der Waals surface area (Å²) >= 11 is 0. The molecule has 2 aliphatic rings. The molecule has 1 saturated heterocycles. The van der Waals surface area contributed by atoms with Crippen molar-refractivity contribution in [3.8, 4) is 11.3 Å². The van der Waals surface area contributed by atoms with Crippen LogP contribution in [-0.2, 0) is 0 Å². The van der Waals surface area contributed by atoms with Crippen LogP contribution in [0.1, 0.15) is 25.7 Å². The van der Waals surface area contributed by atoms with E-state index >= 15 is 0 Å². The molecule has 4 nitrogen and oxygen atoms in total. The summed E-state index contributed by atoms with van der Waals surface area (Å²) < 4.78 is 15.2. The van der Waals surface area contributed by atoms with Crippen LogP contribution in [0.25, 0.3) is 16.9 Å². The van der Waals surface area contributed by atoms with Crippen LogP contribution in [0.4, 0.5) is 10.2 Å². The maximum Gasteiger partial charge on any atom is 0.157 e. The Morgan fingerprint density at radius 2 is 1.96 bits per heavy atom. The van der Waals surface area contributed by atoms with Crippen LogP contribution in [0.2, 0.25) is 0 Å². The van der Waals surface area contributed by atoms with E-state index in [4.69, 9.17) is 4.98 Å². The molecule has 3 aromatic rings. The number of benzene rings is 1. The maximum absolute atomic E-state index is 13.2. The summed E-state index contributed by atoms with van der Waals surface area (Å²) in [5.74, 6) is 1.69. The number of halogens is 1. The van der Waals surface area contributed by atoms with Gasteiger partial charge in [0.2, 0.25) is 0 Å². The van der Waals surface area contributed by atoms with Crippen LogP contribution in [-0.4, -0.2) is 27.2 Å².